The number of aryl methyl sites for hydroxylation is 2. The number of halogens is 1. The van der Waals surface area contributed by atoms with Gasteiger partial charge in [0.05, 0.1) is 0 Å². The minimum atomic E-state index is 0. The zero-order chi connectivity index (χ0) is 12.0. The number of hydrogen-bond donors (Lipinski definition) is 2. The molecule has 0 saturated carbocycles. The molecule has 96 valence electrons. The molecule has 0 radical (unpaired) electrons. The summed E-state index contributed by atoms with van der Waals surface area (Å²) in [6.45, 7) is 5.37. The van der Waals surface area contributed by atoms with Crippen LogP contribution in [0, 0.1) is 13.8 Å². The van der Waals surface area contributed by atoms with Crippen LogP contribution in [0.5, 0.6) is 0 Å². The van der Waals surface area contributed by atoms with Crippen LogP contribution in [0.15, 0.2) is 18.2 Å². The Labute approximate surface area is 109 Å². The highest BCUT2D eigenvalue weighted by Gasteiger charge is 2.05. The third-order valence-electron chi connectivity index (χ3n) is 2.40. The van der Waals surface area contributed by atoms with Crippen LogP contribution < -0.4 is 11.1 Å². The van der Waals surface area contributed by atoms with E-state index < -0.39 is 0 Å². The van der Waals surface area contributed by atoms with E-state index in [4.69, 9.17) is 5.73 Å². The summed E-state index contributed by atoms with van der Waals surface area (Å²) in [5.74, 6) is 0.00354. The zero-order valence-corrected chi connectivity index (χ0v) is 11.3. The first-order valence-corrected chi connectivity index (χ1v) is 5.70. The molecule has 0 saturated heterocycles. The van der Waals surface area contributed by atoms with Gasteiger partial charge in [-0.15, -0.1) is 12.4 Å². The topological polar surface area (TPSA) is 55.1 Å². The highest BCUT2D eigenvalue weighted by atomic mass is 35.5. The molecule has 0 atom stereocenters. The van der Waals surface area contributed by atoms with Crippen LogP contribution in [-0.4, -0.2) is 19.0 Å². The molecule has 0 spiro atoms. The number of unbranched alkanes of at least 4 members (excludes halogenated alkanes) is 1. The van der Waals surface area contributed by atoms with Gasteiger partial charge in [0.25, 0.3) is 5.91 Å². The van der Waals surface area contributed by atoms with E-state index in [-0.39, 0.29) is 18.3 Å². The number of hydrogen-bond acceptors (Lipinski definition) is 2. The summed E-state index contributed by atoms with van der Waals surface area (Å²) in [5, 5.41) is 2.89. The number of carbonyl (C=O) groups excluding carboxylic acids is 1. The fourth-order valence-electron chi connectivity index (χ4n) is 1.68. The van der Waals surface area contributed by atoms with Crippen molar-refractivity contribution in [2.45, 2.75) is 26.7 Å². The van der Waals surface area contributed by atoms with E-state index in [1.54, 1.807) is 0 Å². The lowest BCUT2D eigenvalue weighted by Crippen LogP contribution is -2.25. The van der Waals surface area contributed by atoms with E-state index in [1.165, 1.54) is 0 Å². The molecular weight excluding hydrogens is 236 g/mol. The van der Waals surface area contributed by atoms with Crippen molar-refractivity contribution in [2.75, 3.05) is 13.1 Å². The minimum Gasteiger partial charge on any atom is -0.352 e. The molecule has 17 heavy (non-hydrogen) atoms. The number of nitrogens with one attached hydrogen (secondary N) is 1. The second-order valence-corrected chi connectivity index (χ2v) is 4.13. The van der Waals surface area contributed by atoms with Gasteiger partial charge in [-0.2, -0.15) is 0 Å². The second kappa shape index (κ2) is 8.09. The SMILES string of the molecule is Cc1cc(C)cc(C(=O)NCCCCN)c1.Cl. The quantitative estimate of drug-likeness (QED) is 0.794. The monoisotopic (exact) mass is 256 g/mol. The number of benzene rings is 1. The van der Waals surface area contributed by atoms with Crippen molar-refractivity contribution in [1.82, 2.24) is 5.32 Å². The van der Waals surface area contributed by atoms with Gasteiger partial charge in [0.1, 0.15) is 0 Å². The molecule has 3 nitrogen and oxygen atoms in total. The molecule has 1 aromatic carbocycles. The molecule has 0 aliphatic heterocycles. The Balaban J connectivity index is 0.00000256. The predicted octanol–water partition coefficient (Wildman–Crippen LogP) is 2.19. The van der Waals surface area contributed by atoms with E-state index in [0.29, 0.717) is 13.1 Å². The first-order chi connectivity index (χ1) is 7.63. The van der Waals surface area contributed by atoms with Gasteiger partial charge >= 0.3 is 0 Å². The van der Waals surface area contributed by atoms with Crippen molar-refractivity contribution in [3.63, 3.8) is 0 Å². The lowest BCUT2D eigenvalue weighted by Gasteiger charge is -2.06. The summed E-state index contributed by atoms with van der Waals surface area (Å²) >= 11 is 0. The number of rotatable bonds is 5. The van der Waals surface area contributed by atoms with Crippen molar-refractivity contribution in [3.05, 3.63) is 34.9 Å². The summed E-state index contributed by atoms with van der Waals surface area (Å²) in [7, 11) is 0. The van der Waals surface area contributed by atoms with Crippen molar-refractivity contribution in [3.8, 4) is 0 Å². The van der Waals surface area contributed by atoms with E-state index >= 15 is 0 Å². The maximum atomic E-state index is 11.8. The van der Waals surface area contributed by atoms with Crippen LogP contribution in [-0.2, 0) is 0 Å². The van der Waals surface area contributed by atoms with E-state index in [2.05, 4.69) is 11.4 Å². The largest absolute Gasteiger partial charge is 0.352 e. The van der Waals surface area contributed by atoms with Crippen molar-refractivity contribution < 1.29 is 4.79 Å². The minimum absolute atomic E-state index is 0. The van der Waals surface area contributed by atoms with Crippen molar-refractivity contribution in [1.29, 1.82) is 0 Å². The lowest BCUT2D eigenvalue weighted by molar-refractivity contribution is 0.0953. The van der Waals surface area contributed by atoms with E-state index in [9.17, 15) is 4.79 Å². The Morgan fingerprint density at radius 1 is 1.18 bits per heavy atom. The van der Waals surface area contributed by atoms with Crippen LogP contribution in [0.4, 0.5) is 0 Å². The normalized spacial score (nSPS) is 9.59. The molecule has 0 fully saturated rings. The molecule has 0 aliphatic carbocycles. The van der Waals surface area contributed by atoms with Crippen LogP contribution >= 0.6 is 12.4 Å². The van der Waals surface area contributed by atoms with Crippen LogP contribution in [0.2, 0.25) is 0 Å². The van der Waals surface area contributed by atoms with Gasteiger partial charge in [-0.1, -0.05) is 17.2 Å². The molecule has 4 heteroatoms. The van der Waals surface area contributed by atoms with E-state index in [0.717, 1.165) is 29.5 Å². The van der Waals surface area contributed by atoms with Crippen LogP contribution in [0.1, 0.15) is 34.3 Å². The number of carbonyl (C=O) groups is 1. The number of nitrogens with two attached hydrogens (primary N) is 1. The van der Waals surface area contributed by atoms with Crippen LogP contribution in [0.3, 0.4) is 0 Å². The summed E-state index contributed by atoms with van der Waals surface area (Å²) in [6.07, 6.45) is 1.89. The summed E-state index contributed by atoms with van der Waals surface area (Å²) in [4.78, 5) is 11.8. The summed E-state index contributed by atoms with van der Waals surface area (Å²) in [6, 6.07) is 5.88. The van der Waals surface area contributed by atoms with Gasteiger partial charge in [0.2, 0.25) is 0 Å². The molecular formula is C13H21ClN2O. The lowest BCUT2D eigenvalue weighted by atomic mass is 10.1. The molecule has 1 rings (SSSR count). The first-order valence-electron chi connectivity index (χ1n) is 5.70. The standard InChI is InChI=1S/C13H20N2O.ClH/c1-10-7-11(2)9-12(8-10)13(16)15-6-4-3-5-14;/h7-9H,3-6,14H2,1-2H3,(H,15,16);1H. The van der Waals surface area contributed by atoms with Gasteiger partial charge in [0.15, 0.2) is 0 Å². The highest BCUT2D eigenvalue weighted by molar-refractivity contribution is 5.94. The highest BCUT2D eigenvalue weighted by Crippen LogP contribution is 2.08. The molecule has 0 bridgehead atoms. The Kier molecular flexibility index (Phi) is 7.59. The fourth-order valence-corrected chi connectivity index (χ4v) is 1.68. The fraction of sp³-hybridized carbons (Fsp3) is 0.462. The van der Waals surface area contributed by atoms with Gasteiger partial charge < -0.3 is 11.1 Å². The smallest absolute Gasteiger partial charge is 0.251 e. The van der Waals surface area contributed by atoms with Crippen molar-refractivity contribution >= 4 is 18.3 Å². The Hall–Kier alpha value is -1.06. The molecule has 0 unspecified atom stereocenters. The Morgan fingerprint density at radius 2 is 1.76 bits per heavy atom. The molecule has 0 heterocycles. The maximum Gasteiger partial charge on any atom is 0.251 e. The molecule has 1 amide bonds. The van der Waals surface area contributed by atoms with Crippen LogP contribution in [0.25, 0.3) is 0 Å². The van der Waals surface area contributed by atoms with Gasteiger partial charge in [-0.05, 0) is 45.4 Å². The first kappa shape index (κ1) is 15.9. The second-order valence-electron chi connectivity index (χ2n) is 4.13. The third kappa shape index (κ3) is 5.71. The van der Waals surface area contributed by atoms with Crippen molar-refractivity contribution in [2.24, 2.45) is 5.73 Å². The Bertz CT molecular complexity index is 346. The van der Waals surface area contributed by atoms with Gasteiger partial charge in [0, 0.05) is 12.1 Å². The molecule has 0 aliphatic rings. The third-order valence-corrected chi connectivity index (χ3v) is 2.40. The summed E-state index contributed by atoms with van der Waals surface area (Å²) in [5.41, 5.74) is 8.36. The maximum absolute atomic E-state index is 11.8. The summed E-state index contributed by atoms with van der Waals surface area (Å²) < 4.78 is 0. The average molecular weight is 257 g/mol. The number of amides is 1. The van der Waals surface area contributed by atoms with Gasteiger partial charge in [-0.25, -0.2) is 0 Å². The van der Waals surface area contributed by atoms with E-state index in [1.807, 2.05) is 26.0 Å². The molecule has 1 aromatic rings. The Morgan fingerprint density at radius 3 is 2.29 bits per heavy atom. The predicted molar refractivity (Wildman–Crippen MR) is 73.8 cm³/mol. The zero-order valence-electron chi connectivity index (χ0n) is 10.5. The average Bonchev–Trinajstić information content (AvgIpc) is 2.22. The molecule has 3 N–H and O–H groups in total. The van der Waals surface area contributed by atoms with Gasteiger partial charge in [-0.3, -0.25) is 4.79 Å². The molecule has 0 aromatic heterocycles.